The maximum atomic E-state index is 12.0. The summed E-state index contributed by atoms with van der Waals surface area (Å²) < 4.78 is 1.51. The van der Waals surface area contributed by atoms with Crippen LogP contribution in [0.4, 0.5) is 0 Å². The Morgan fingerprint density at radius 3 is 2.76 bits per heavy atom. The van der Waals surface area contributed by atoms with Crippen molar-refractivity contribution in [3.8, 4) is 0 Å². The third-order valence-electron chi connectivity index (χ3n) is 3.32. The van der Waals surface area contributed by atoms with Crippen LogP contribution >= 0.6 is 0 Å². The Hall–Kier alpha value is -2.57. The van der Waals surface area contributed by atoms with Crippen molar-refractivity contribution in [1.29, 1.82) is 0 Å². The van der Waals surface area contributed by atoms with Crippen LogP contribution in [0.5, 0.6) is 0 Å². The molecule has 1 N–H and O–H groups in total. The minimum Gasteiger partial charge on any atom is -0.481 e. The van der Waals surface area contributed by atoms with E-state index >= 15 is 0 Å². The van der Waals surface area contributed by atoms with Gasteiger partial charge < -0.3 is 5.11 Å². The van der Waals surface area contributed by atoms with Crippen molar-refractivity contribution in [1.82, 2.24) is 19.5 Å². The van der Waals surface area contributed by atoms with Gasteiger partial charge in [-0.3, -0.25) is 9.36 Å². The summed E-state index contributed by atoms with van der Waals surface area (Å²) in [5.74, 6) is -0.873. The number of rotatable bonds is 5. The first-order valence-electron chi connectivity index (χ1n) is 6.52. The fourth-order valence-corrected chi connectivity index (χ4v) is 2.19. The number of aryl methyl sites for hydroxylation is 1. The molecule has 0 unspecified atom stereocenters. The molecule has 0 aliphatic carbocycles. The summed E-state index contributed by atoms with van der Waals surface area (Å²) in [6.07, 6.45) is 3.39. The lowest BCUT2D eigenvalue weighted by Gasteiger charge is -2.14. The van der Waals surface area contributed by atoms with Gasteiger partial charge in [-0.1, -0.05) is 0 Å². The van der Waals surface area contributed by atoms with Gasteiger partial charge in [0, 0.05) is 24.0 Å². The van der Waals surface area contributed by atoms with E-state index in [-0.39, 0.29) is 12.1 Å². The van der Waals surface area contributed by atoms with E-state index in [2.05, 4.69) is 15.0 Å². The van der Waals surface area contributed by atoms with Crippen LogP contribution in [-0.2, 0) is 17.8 Å². The van der Waals surface area contributed by atoms with Crippen LogP contribution in [0.3, 0.4) is 0 Å². The monoisotopic (exact) mass is 288 g/mol. The van der Waals surface area contributed by atoms with Gasteiger partial charge >= 0.3 is 11.7 Å². The van der Waals surface area contributed by atoms with Crippen LogP contribution in [-0.4, -0.2) is 30.6 Å². The van der Waals surface area contributed by atoms with Crippen molar-refractivity contribution in [3.63, 3.8) is 0 Å². The van der Waals surface area contributed by atoms with E-state index < -0.39 is 5.97 Å². The Morgan fingerprint density at radius 2 is 2.14 bits per heavy atom. The molecule has 0 saturated carbocycles. The highest BCUT2D eigenvalue weighted by Crippen LogP contribution is 2.12. The van der Waals surface area contributed by atoms with Crippen molar-refractivity contribution in [2.45, 2.75) is 33.2 Å². The average molecular weight is 288 g/mol. The van der Waals surface area contributed by atoms with Crippen molar-refractivity contribution >= 4 is 5.97 Å². The van der Waals surface area contributed by atoms with Crippen molar-refractivity contribution in [3.05, 3.63) is 51.7 Å². The first-order valence-corrected chi connectivity index (χ1v) is 6.52. The Labute approximate surface area is 121 Å². The molecule has 0 radical (unpaired) electrons. The predicted molar refractivity (Wildman–Crippen MR) is 75.1 cm³/mol. The lowest BCUT2D eigenvalue weighted by molar-refractivity contribution is -0.136. The summed E-state index contributed by atoms with van der Waals surface area (Å²) in [7, 11) is 0. The molecule has 0 aliphatic heterocycles. The Morgan fingerprint density at radius 1 is 1.38 bits per heavy atom. The van der Waals surface area contributed by atoms with Crippen LogP contribution in [0.15, 0.2) is 23.4 Å². The highest BCUT2D eigenvalue weighted by molar-refractivity contribution is 5.67. The molecule has 0 fully saturated rings. The molecule has 0 spiro atoms. The second-order valence-electron chi connectivity index (χ2n) is 4.72. The van der Waals surface area contributed by atoms with E-state index in [0.717, 1.165) is 11.3 Å². The van der Waals surface area contributed by atoms with Gasteiger partial charge in [-0.15, -0.1) is 0 Å². The van der Waals surface area contributed by atoms with Gasteiger partial charge in [0.2, 0.25) is 0 Å². The first-order chi connectivity index (χ1) is 9.99. The molecule has 0 saturated heterocycles. The second kappa shape index (κ2) is 6.25. The molecular weight excluding hydrogens is 272 g/mol. The number of aliphatic carboxylic acids is 1. The number of aromatic nitrogens is 4. The Balaban J connectivity index is 2.39. The van der Waals surface area contributed by atoms with E-state index in [1.807, 2.05) is 0 Å². The van der Waals surface area contributed by atoms with Gasteiger partial charge in [-0.25, -0.2) is 14.8 Å². The fraction of sp³-hybridized carbons (Fsp3) is 0.357. The summed E-state index contributed by atoms with van der Waals surface area (Å²) in [5.41, 5.74) is 2.45. The van der Waals surface area contributed by atoms with Crippen LogP contribution in [0.25, 0.3) is 0 Å². The number of hydrogen-bond donors (Lipinski definition) is 1. The van der Waals surface area contributed by atoms with E-state index in [1.54, 1.807) is 26.1 Å². The first kappa shape index (κ1) is 14.8. The van der Waals surface area contributed by atoms with Gasteiger partial charge in [0.1, 0.15) is 6.33 Å². The smallest absolute Gasteiger partial charge is 0.348 e. The van der Waals surface area contributed by atoms with Crippen molar-refractivity contribution in [2.24, 2.45) is 0 Å². The normalized spacial score (nSPS) is 10.6. The van der Waals surface area contributed by atoms with Crippen LogP contribution < -0.4 is 5.69 Å². The zero-order chi connectivity index (χ0) is 15.4. The van der Waals surface area contributed by atoms with Gasteiger partial charge in [-0.05, 0) is 31.9 Å². The lowest BCUT2D eigenvalue weighted by Crippen LogP contribution is -2.28. The highest BCUT2D eigenvalue weighted by Gasteiger charge is 2.13. The molecule has 2 rings (SSSR count). The molecule has 110 valence electrons. The van der Waals surface area contributed by atoms with Gasteiger partial charge in [-0.2, -0.15) is 4.98 Å². The average Bonchev–Trinajstić information content (AvgIpc) is 2.44. The Bertz CT molecular complexity index is 710. The van der Waals surface area contributed by atoms with E-state index in [4.69, 9.17) is 5.11 Å². The van der Waals surface area contributed by atoms with Gasteiger partial charge in [0.15, 0.2) is 0 Å². The number of nitrogens with zero attached hydrogens (tertiary/aromatic N) is 4. The quantitative estimate of drug-likeness (QED) is 0.870. The predicted octanol–water partition coefficient (Wildman–Crippen LogP) is 0.716. The molecule has 0 atom stereocenters. The molecule has 21 heavy (non-hydrogen) atoms. The molecule has 2 aromatic rings. The third-order valence-corrected chi connectivity index (χ3v) is 3.32. The summed E-state index contributed by atoms with van der Waals surface area (Å²) in [5, 5.41) is 8.81. The highest BCUT2D eigenvalue weighted by atomic mass is 16.4. The molecule has 0 bridgehead atoms. The zero-order valence-electron chi connectivity index (χ0n) is 11.9. The standard InChI is InChI=1S/C14H16N4O3/c1-9-12(3-4-13(19)20)10(2)18(14(21)17-9)7-11-5-6-15-8-16-11/h5-6,8H,3-4,7H2,1-2H3,(H,19,20). The SMILES string of the molecule is Cc1nc(=O)n(Cc2ccncn2)c(C)c1CCC(=O)O. The summed E-state index contributed by atoms with van der Waals surface area (Å²) in [4.78, 5) is 34.7. The topological polar surface area (TPSA) is 98.0 Å². The number of hydrogen-bond acceptors (Lipinski definition) is 5. The molecule has 2 heterocycles. The van der Waals surface area contributed by atoms with E-state index in [9.17, 15) is 9.59 Å². The number of carboxylic acid groups (broad SMARTS) is 1. The molecular formula is C14H16N4O3. The summed E-state index contributed by atoms with van der Waals surface area (Å²) in [6.45, 7) is 3.82. The second-order valence-corrected chi connectivity index (χ2v) is 4.72. The molecule has 7 nitrogen and oxygen atoms in total. The molecule has 2 aromatic heterocycles. The summed E-state index contributed by atoms with van der Waals surface area (Å²) in [6, 6.07) is 1.72. The molecule has 0 amide bonds. The maximum absolute atomic E-state index is 12.0. The van der Waals surface area contributed by atoms with Crippen LogP contribution in [0.1, 0.15) is 29.1 Å². The van der Waals surface area contributed by atoms with Gasteiger partial charge in [0.05, 0.1) is 12.2 Å². The summed E-state index contributed by atoms with van der Waals surface area (Å²) >= 11 is 0. The maximum Gasteiger partial charge on any atom is 0.348 e. The number of carbonyl (C=O) groups is 1. The fourth-order valence-electron chi connectivity index (χ4n) is 2.19. The lowest BCUT2D eigenvalue weighted by atomic mass is 10.1. The zero-order valence-corrected chi connectivity index (χ0v) is 11.9. The molecule has 7 heteroatoms. The van der Waals surface area contributed by atoms with E-state index in [0.29, 0.717) is 24.4 Å². The minimum absolute atomic E-state index is 0.00900. The Kier molecular flexibility index (Phi) is 4.42. The van der Waals surface area contributed by atoms with Gasteiger partial charge in [0.25, 0.3) is 0 Å². The minimum atomic E-state index is -0.873. The largest absolute Gasteiger partial charge is 0.481 e. The van der Waals surface area contributed by atoms with Crippen LogP contribution in [0.2, 0.25) is 0 Å². The van der Waals surface area contributed by atoms with E-state index in [1.165, 1.54) is 10.9 Å². The molecule has 0 aliphatic rings. The van der Waals surface area contributed by atoms with Crippen molar-refractivity contribution in [2.75, 3.05) is 0 Å². The third kappa shape index (κ3) is 3.50. The van der Waals surface area contributed by atoms with Crippen LogP contribution in [0, 0.1) is 13.8 Å². The van der Waals surface area contributed by atoms with Crippen molar-refractivity contribution < 1.29 is 9.90 Å². The number of carboxylic acids is 1. The molecule has 0 aromatic carbocycles.